The minimum absolute atomic E-state index is 0.734. The summed E-state index contributed by atoms with van der Waals surface area (Å²) >= 11 is 0. The lowest BCUT2D eigenvalue weighted by Gasteiger charge is -2.24. The second-order valence-corrected chi connectivity index (χ2v) is 11.6. The lowest BCUT2D eigenvalue weighted by Crippen LogP contribution is -2.23. The van der Waals surface area contributed by atoms with E-state index in [0.29, 0.717) is 0 Å². The van der Waals surface area contributed by atoms with Gasteiger partial charge in [-0.25, -0.2) is 0 Å². The zero-order valence-electron chi connectivity index (χ0n) is 11.9. The fourth-order valence-electron chi connectivity index (χ4n) is 2.35. The molecule has 0 aliphatic carbocycles. The second kappa shape index (κ2) is 6.25. The molecule has 0 heterocycles. The van der Waals surface area contributed by atoms with Crippen LogP contribution in [-0.4, -0.2) is 15.2 Å². The number of hydrogen-bond acceptors (Lipinski definition) is 1. The highest BCUT2D eigenvalue weighted by Gasteiger charge is 2.21. The van der Waals surface area contributed by atoms with E-state index in [1.807, 2.05) is 0 Å². The Morgan fingerprint density at radius 2 is 1.71 bits per heavy atom. The number of ether oxygens (including phenoxy) is 1. The minimum atomic E-state index is -0.993. The summed E-state index contributed by atoms with van der Waals surface area (Å²) in [5.74, 6) is 1.69. The molecule has 1 nitrogen and oxygen atoms in total. The Morgan fingerprint density at radius 3 is 2.12 bits per heavy atom. The average Bonchev–Trinajstić information content (AvgIpc) is 2.27. The van der Waals surface area contributed by atoms with Crippen LogP contribution in [0.4, 0.5) is 0 Å². The molecule has 1 aromatic carbocycles. The van der Waals surface area contributed by atoms with Gasteiger partial charge >= 0.3 is 0 Å². The lowest BCUT2D eigenvalue weighted by molar-refractivity contribution is 0.414. The molecular formula is C15H26OSi. The molecule has 0 bridgehead atoms. The van der Waals surface area contributed by atoms with E-state index in [1.165, 1.54) is 24.4 Å². The quantitative estimate of drug-likeness (QED) is 0.651. The molecule has 17 heavy (non-hydrogen) atoms. The van der Waals surface area contributed by atoms with Crippen LogP contribution in [0.3, 0.4) is 0 Å². The van der Waals surface area contributed by atoms with E-state index in [1.54, 1.807) is 7.11 Å². The molecule has 0 spiro atoms. The van der Waals surface area contributed by atoms with Crippen LogP contribution in [0, 0.1) is 0 Å². The van der Waals surface area contributed by atoms with Gasteiger partial charge in [0.2, 0.25) is 0 Å². The zero-order chi connectivity index (χ0) is 12.9. The Bertz CT molecular complexity index is 324. The van der Waals surface area contributed by atoms with Gasteiger partial charge in [0.1, 0.15) is 5.75 Å². The Balaban J connectivity index is 2.81. The van der Waals surface area contributed by atoms with Gasteiger partial charge in [-0.05, 0) is 30.0 Å². The monoisotopic (exact) mass is 250 g/mol. The van der Waals surface area contributed by atoms with Gasteiger partial charge in [0.05, 0.1) is 7.11 Å². The first kappa shape index (κ1) is 14.3. The van der Waals surface area contributed by atoms with Crippen LogP contribution in [0.5, 0.6) is 5.75 Å². The lowest BCUT2D eigenvalue weighted by atomic mass is 9.96. The topological polar surface area (TPSA) is 9.23 Å². The van der Waals surface area contributed by atoms with E-state index in [0.717, 1.165) is 11.7 Å². The Kier molecular flexibility index (Phi) is 5.25. The van der Waals surface area contributed by atoms with Crippen molar-refractivity contribution in [3.05, 3.63) is 29.8 Å². The Labute approximate surface area is 107 Å². The van der Waals surface area contributed by atoms with Gasteiger partial charge in [-0.3, -0.25) is 0 Å². The van der Waals surface area contributed by atoms with Crippen LogP contribution < -0.4 is 4.74 Å². The van der Waals surface area contributed by atoms with Crippen molar-refractivity contribution in [3.63, 3.8) is 0 Å². The maximum absolute atomic E-state index is 5.22. The van der Waals surface area contributed by atoms with Gasteiger partial charge in [0.15, 0.2) is 0 Å². The molecule has 1 atom stereocenters. The molecule has 0 fully saturated rings. The summed E-state index contributed by atoms with van der Waals surface area (Å²) in [7, 11) is 0.729. The first-order chi connectivity index (χ1) is 7.96. The predicted octanol–water partition coefficient (Wildman–Crippen LogP) is 4.92. The molecule has 1 rings (SSSR count). The van der Waals surface area contributed by atoms with Crippen molar-refractivity contribution in [2.75, 3.05) is 7.11 Å². The van der Waals surface area contributed by atoms with Crippen molar-refractivity contribution in [3.8, 4) is 5.75 Å². The first-order valence-electron chi connectivity index (χ1n) is 6.60. The van der Waals surface area contributed by atoms with Crippen LogP contribution in [-0.2, 0) is 0 Å². The highest BCUT2D eigenvalue weighted by molar-refractivity contribution is 6.76. The van der Waals surface area contributed by atoms with Gasteiger partial charge in [-0.1, -0.05) is 51.2 Å². The summed E-state index contributed by atoms with van der Waals surface area (Å²) in [6, 6.07) is 10.0. The third-order valence-electron chi connectivity index (χ3n) is 3.08. The van der Waals surface area contributed by atoms with E-state index in [4.69, 9.17) is 4.74 Å². The summed E-state index contributed by atoms with van der Waals surface area (Å²) in [5.41, 5.74) is 1.48. The van der Waals surface area contributed by atoms with Gasteiger partial charge in [0, 0.05) is 8.07 Å². The molecule has 96 valence electrons. The van der Waals surface area contributed by atoms with Crippen LogP contribution in [0.1, 0.15) is 31.2 Å². The molecule has 1 unspecified atom stereocenters. The average molecular weight is 250 g/mol. The Morgan fingerprint density at radius 1 is 1.12 bits per heavy atom. The summed E-state index contributed by atoms with van der Waals surface area (Å²) in [6.45, 7) is 9.65. The van der Waals surface area contributed by atoms with Crippen molar-refractivity contribution in [2.45, 2.75) is 51.4 Å². The van der Waals surface area contributed by atoms with Crippen LogP contribution in [0.2, 0.25) is 25.7 Å². The van der Waals surface area contributed by atoms with E-state index in [9.17, 15) is 0 Å². The molecule has 0 aliphatic heterocycles. The summed E-state index contributed by atoms with van der Waals surface area (Å²) < 4.78 is 5.22. The van der Waals surface area contributed by atoms with Crippen molar-refractivity contribution in [2.24, 2.45) is 0 Å². The smallest absolute Gasteiger partial charge is 0.118 e. The fraction of sp³-hybridized carbons (Fsp3) is 0.600. The molecule has 0 amide bonds. The van der Waals surface area contributed by atoms with E-state index < -0.39 is 8.07 Å². The van der Waals surface area contributed by atoms with E-state index >= 15 is 0 Å². The molecule has 1 aromatic rings. The van der Waals surface area contributed by atoms with E-state index in [-0.39, 0.29) is 0 Å². The standard InChI is InChI=1S/C15H26OSi/c1-6-7-14(12-17(3,4)5)13-8-10-15(16-2)11-9-13/h8-11,14H,6-7,12H2,1-5H3. The molecule has 0 N–H and O–H groups in total. The minimum Gasteiger partial charge on any atom is -0.497 e. The summed E-state index contributed by atoms with van der Waals surface area (Å²) in [6.07, 6.45) is 2.57. The molecule has 0 radical (unpaired) electrons. The van der Waals surface area contributed by atoms with Crippen LogP contribution in [0.25, 0.3) is 0 Å². The van der Waals surface area contributed by atoms with Crippen LogP contribution in [0.15, 0.2) is 24.3 Å². The number of rotatable bonds is 6. The molecule has 0 saturated carbocycles. The van der Waals surface area contributed by atoms with Gasteiger partial charge in [0.25, 0.3) is 0 Å². The maximum Gasteiger partial charge on any atom is 0.118 e. The molecule has 0 saturated heterocycles. The third kappa shape index (κ3) is 4.94. The summed E-state index contributed by atoms with van der Waals surface area (Å²) in [4.78, 5) is 0. The van der Waals surface area contributed by atoms with Gasteiger partial charge < -0.3 is 4.74 Å². The van der Waals surface area contributed by atoms with Gasteiger partial charge in [-0.2, -0.15) is 0 Å². The second-order valence-electron chi connectivity index (χ2n) is 6.02. The van der Waals surface area contributed by atoms with Gasteiger partial charge in [-0.15, -0.1) is 0 Å². The molecular weight excluding hydrogens is 224 g/mol. The van der Waals surface area contributed by atoms with Crippen LogP contribution >= 0.6 is 0 Å². The molecule has 0 aromatic heterocycles. The zero-order valence-corrected chi connectivity index (χ0v) is 12.9. The van der Waals surface area contributed by atoms with Crippen molar-refractivity contribution >= 4 is 8.07 Å². The molecule has 0 aliphatic rings. The largest absolute Gasteiger partial charge is 0.497 e. The number of hydrogen-bond donors (Lipinski definition) is 0. The number of methoxy groups -OCH3 is 1. The van der Waals surface area contributed by atoms with E-state index in [2.05, 4.69) is 50.8 Å². The third-order valence-corrected chi connectivity index (χ3v) is 4.80. The highest BCUT2D eigenvalue weighted by Crippen LogP contribution is 2.31. The highest BCUT2D eigenvalue weighted by atomic mass is 28.3. The normalized spacial score (nSPS) is 13.5. The number of benzene rings is 1. The SMILES string of the molecule is CCCC(C[Si](C)(C)C)c1ccc(OC)cc1. The predicted molar refractivity (Wildman–Crippen MR) is 78.8 cm³/mol. The first-order valence-corrected chi connectivity index (χ1v) is 10.3. The Hall–Kier alpha value is -0.763. The fourth-order valence-corrected chi connectivity index (χ4v) is 4.27. The summed E-state index contributed by atoms with van der Waals surface area (Å²) in [5, 5.41) is 0. The van der Waals surface area contributed by atoms with Crippen molar-refractivity contribution in [1.29, 1.82) is 0 Å². The van der Waals surface area contributed by atoms with Crippen molar-refractivity contribution in [1.82, 2.24) is 0 Å². The molecule has 2 heteroatoms. The maximum atomic E-state index is 5.22. The van der Waals surface area contributed by atoms with Crippen molar-refractivity contribution < 1.29 is 4.74 Å².